The molecule has 0 N–H and O–H groups in total. The molecule has 1 aliphatic carbocycles. The minimum Gasteiger partial charge on any atom is -0.484 e. The molecular weight excluding hydrogens is 284 g/mol. The summed E-state index contributed by atoms with van der Waals surface area (Å²) < 4.78 is 5.40. The highest BCUT2D eigenvalue weighted by Gasteiger charge is 2.24. The molecule has 0 bridgehead atoms. The van der Waals surface area contributed by atoms with Crippen molar-refractivity contribution in [2.24, 2.45) is 5.92 Å². The maximum atomic E-state index is 12.2. The predicted molar refractivity (Wildman–Crippen MR) is 82.8 cm³/mol. The van der Waals surface area contributed by atoms with Crippen LogP contribution in [0.5, 0.6) is 5.75 Å². The first-order chi connectivity index (χ1) is 10.5. The molecule has 2 rings (SSSR count). The molecule has 22 heavy (non-hydrogen) atoms. The zero-order valence-electron chi connectivity index (χ0n) is 13.0. The van der Waals surface area contributed by atoms with Gasteiger partial charge in [0.2, 0.25) is 0 Å². The van der Waals surface area contributed by atoms with Crippen LogP contribution in [-0.2, 0) is 4.79 Å². The molecule has 120 valence electrons. The number of benzene rings is 1. The molecule has 0 heterocycles. The summed E-state index contributed by atoms with van der Waals surface area (Å²) in [5, 5.41) is 10.7. The van der Waals surface area contributed by atoms with E-state index in [4.69, 9.17) is 4.74 Å². The zero-order valence-corrected chi connectivity index (χ0v) is 13.0. The van der Waals surface area contributed by atoms with Gasteiger partial charge in [-0.2, -0.15) is 0 Å². The summed E-state index contributed by atoms with van der Waals surface area (Å²) in [6.45, 7) is 2.15. The average molecular weight is 306 g/mol. The van der Waals surface area contributed by atoms with Gasteiger partial charge in [-0.05, 0) is 37.7 Å². The van der Waals surface area contributed by atoms with Crippen LogP contribution in [0.15, 0.2) is 24.3 Å². The Morgan fingerprint density at radius 3 is 2.68 bits per heavy atom. The fourth-order valence-electron chi connectivity index (χ4n) is 2.77. The van der Waals surface area contributed by atoms with E-state index in [9.17, 15) is 14.9 Å². The average Bonchev–Trinajstić information content (AvgIpc) is 2.53. The van der Waals surface area contributed by atoms with Gasteiger partial charge in [0.1, 0.15) is 5.75 Å². The van der Waals surface area contributed by atoms with Gasteiger partial charge in [-0.1, -0.05) is 13.0 Å². The zero-order chi connectivity index (χ0) is 16.1. The lowest BCUT2D eigenvalue weighted by molar-refractivity contribution is -0.384. The van der Waals surface area contributed by atoms with Crippen LogP contribution in [0, 0.1) is 16.0 Å². The number of nitro groups is 1. The van der Waals surface area contributed by atoms with Gasteiger partial charge in [0.05, 0.1) is 11.0 Å². The van der Waals surface area contributed by atoms with Crippen LogP contribution in [0.25, 0.3) is 0 Å². The molecule has 0 aliphatic heterocycles. The second-order valence-electron chi connectivity index (χ2n) is 5.96. The van der Waals surface area contributed by atoms with E-state index in [1.807, 2.05) is 0 Å². The van der Waals surface area contributed by atoms with Gasteiger partial charge in [-0.15, -0.1) is 0 Å². The van der Waals surface area contributed by atoms with Gasteiger partial charge in [-0.3, -0.25) is 14.9 Å². The van der Waals surface area contributed by atoms with E-state index in [1.165, 1.54) is 12.1 Å². The minimum absolute atomic E-state index is 0.0421. The number of nitrogens with zero attached hydrogens (tertiary/aromatic N) is 2. The van der Waals surface area contributed by atoms with Gasteiger partial charge in [0.15, 0.2) is 6.61 Å². The molecule has 0 unspecified atom stereocenters. The molecule has 0 radical (unpaired) electrons. The third kappa shape index (κ3) is 4.19. The Morgan fingerprint density at radius 2 is 2.05 bits per heavy atom. The molecule has 6 nitrogen and oxygen atoms in total. The lowest BCUT2D eigenvalue weighted by atomic mass is 9.87. The molecule has 1 aliphatic rings. The number of carbonyl (C=O) groups excluding carboxylic acids is 1. The molecule has 1 aromatic carbocycles. The second kappa shape index (κ2) is 7.24. The maximum absolute atomic E-state index is 12.2. The van der Waals surface area contributed by atoms with Crippen LogP contribution < -0.4 is 4.74 Å². The summed E-state index contributed by atoms with van der Waals surface area (Å²) in [4.78, 5) is 24.2. The highest BCUT2D eigenvalue weighted by molar-refractivity contribution is 5.77. The Morgan fingerprint density at radius 1 is 1.36 bits per heavy atom. The fraction of sp³-hybridized carbons (Fsp3) is 0.562. The van der Waals surface area contributed by atoms with E-state index in [0.717, 1.165) is 31.6 Å². The van der Waals surface area contributed by atoms with Crippen molar-refractivity contribution >= 4 is 11.6 Å². The monoisotopic (exact) mass is 306 g/mol. The van der Waals surface area contributed by atoms with E-state index < -0.39 is 4.92 Å². The quantitative estimate of drug-likeness (QED) is 0.619. The molecule has 6 heteroatoms. The van der Waals surface area contributed by atoms with Crippen LogP contribution in [0.4, 0.5) is 5.69 Å². The summed E-state index contributed by atoms with van der Waals surface area (Å²) in [5.41, 5.74) is -0.0421. The van der Waals surface area contributed by atoms with Crippen molar-refractivity contribution in [2.75, 3.05) is 13.7 Å². The van der Waals surface area contributed by atoms with E-state index >= 15 is 0 Å². The molecular formula is C16H22N2O4. The molecule has 1 fully saturated rings. The molecule has 0 saturated heterocycles. The molecule has 0 aromatic heterocycles. The van der Waals surface area contributed by atoms with E-state index in [2.05, 4.69) is 6.92 Å². The van der Waals surface area contributed by atoms with E-state index in [0.29, 0.717) is 5.75 Å². The molecule has 0 atom stereocenters. The lowest BCUT2D eigenvalue weighted by Gasteiger charge is -2.33. The molecule has 1 amide bonds. The summed E-state index contributed by atoms with van der Waals surface area (Å²) in [6, 6.07) is 6.16. The number of non-ortho nitro benzene ring substituents is 1. The number of carbonyl (C=O) groups is 1. The largest absolute Gasteiger partial charge is 0.484 e. The van der Waals surface area contributed by atoms with E-state index in [-0.39, 0.29) is 24.2 Å². The van der Waals surface area contributed by atoms with E-state index in [1.54, 1.807) is 24.1 Å². The van der Waals surface area contributed by atoms with Gasteiger partial charge in [0.25, 0.3) is 11.6 Å². The standard InChI is InChI=1S/C16H22N2O4/c1-12-6-8-13(9-7-12)17(2)16(19)11-22-15-5-3-4-14(10-15)18(20)21/h3-5,10,12-13H,6-9,11H2,1-2H3. The van der Waals surface area contributed by atoms with Crippen LogP contribution in [0.1, 0.15) is 32.6 Å². The van der Waals surface area contributed by atoms with Gasteiger partial charge < -0.3 is 9.64 Å². The number of amides is 1. The molecule has 0 spiro atoms. The van der Waals surface area contributed by atoms with Crippen molar-refractivity contribution in [3.63, 3.8) is 0 Å². The highest BCUT2D eigenvalue weighted by Crippen LogP contribution is 2.26. The number of hydrogen-bond donors (Lipinski definition) is 0. The number of likely N-dealkylation sites (N-methyl/N-ethyl adjacent to an activating group) is 1. The maximum Gasteiger partial charge on any atom is 0.273 e. The summed E-state index contributed by atoms with van der Waals surface area (Å²) in [5.74, 6) is 0.986. The van der Waals surface area contributed by atoms with Gasteiger partial charge in [0, 0.05) is 19.2 Å². The van der Waals surface area contributed by atoms with Crippen molar-refractivity contribution in [3.05, 3.63) is 34.4 Å². The Hall–Kier alpha value is -2.11. The van der Waals surface area contributed by atoms with Gasteiger partial charge >= 0.3 is 0 Å². The first-order valence-corrected chi connectivity index (χ1v) is 7.60. The van der Waals surface area contributed by atoms with Crippen LogP contribution in [0.2, 0.25) is 0 Å². The lowest BCUT2D eigenvalue weighted by Crippen LogP contribution is -2.41. The molecule has 1 aromatic rings. The SMILES string of the molecule is CC1CCC(N(C)C(=O)COc2cccc([N+](=O)[O-])c2)CC1. The number of nitro benzene ring substituents is 1. The number of hydrogen-bond acceptors (Lipinski definition) is 4. The number of ether oxygens (including phenoxy) is 1. The van der Waals surface area contributed by atoms with Crippen LogP contribution in [-0.4, -0.2) is 35.4 Å². The highest BCUT2D eigenvalue weighted by atomic mass is 16.6. The van der Waals surface area contributed by atoms with Crippen LogP contribution in [0.3, 0.4) is 0 Å². The third-order valence-electron chi connectivity index (χ3n) is 4.32. The second-order valence-corrected chi connectivity index (χ2v) is 5.96. The molecule has 1 saturated carbocycles. The smallest absolute Gasteiger partial charge is 0.273 e. The third-order valence-corrected chi connectivity index (χ3v) is 4.32. The summed E-state index contributed by atoms with van der Waals surface area (Å²) in [7, 11) is 1.81. The van der Waals surface area contributed by atoms with Crippen LogP contribution >= 0.6 is 0 Å². The summed E-state index contributed by atoms with van der Waals surface area (Å²) in [6.07, 6.45) is 4.35. The van der Waals surface area contributed by atoms with Crippen molar-refractivity contribution in [2.45, 2.75) is 38.6 Å². The summed E-state index contributed by atoms with van der Waals surface area (Å²) >= 11 is 0. The Balaban J connectivity index is 1.87. The van der Waals surface area contributed by atoms with Crippen molar-refractivity contribution in [1.82, 2.24) is 4.90 Å². The first kappa shape index (κ1) is 16.3. The Bertz CT molecular complexity index is 539. The normalized spacial score (nSPS) is 21.2. The topological polar surface area (TPSA) is 72.7 Å². The Labute approximate surface area is 130 Å². The first-order valence-electron chi connectivity index (χ1n) is 7.60. The van der Waals surface area contributed by atoms with Crippen molar-refractivity contribution < 1.29 is 14.5 Å². The van der Waals surface area contributed by atoms with Crippen molar-refractivity contribution in [3.8, 4) is 5.75 Å². The fourth-order valence-corrected chi connectivity index (χ4v) is 2.77. The van der Waals surface area contributed by atoms with Gasteiger partial charge in [-0.25, -0.2) is 0 Å². The predicted octanol–water partition coefficient (Wildman–Crippen LogP) is 3.01. The van der Waals surface area contributed by atoms with Crippen molar-refractivity contribution in [1.29, 1.82) is 0 Å². The minimum atomic E-state index is -0.482. The Kier molecular flexibility index (Phi) is 5.35. The number of rotatable bonds is 5.